The van der Waals surface area contributed by atoms with Crippen molar-refractivity contribution in [3.63, 3.8) is 0 Å². The summed E-state index contributed by atoms with van der Waals surface area (Å²) in [7, 11) is -0.113. The van der Waals surface area contributed by atoms with E-state index in [0.717, 1.165) is 0 Å². The lowest BCUT2D eigenvalue weighted by molar-refractivity contribution is 0.112. The molecule has 0 unspecified atom stereocenters. The van der Waals surface area contributed by atoms with Crippen molar-refractivity contribution in [3.05, 3.63) is 0 Å². The van der Waals surface area contributed by atoms with Gasteiger partial charge in [-0.1, -0.05) is 0 Å². The molecule has 0 aliphatic rings. The quantitative estimate of drug-likeness (QED) is 0.335. The van der Waals surface area contributed by atoms with Crippen molar-refractivity contribution in [1.29, 1.82) is 0 Å². The Morgan fingerprint density at radius 2 is 3.25 bits per heavy atom. The summed E-state index contributed by atoms with van der Waals surface area (Å²) < 4.78 is 12.7. The molecule has 0 aromatic carbocycles. The van der Waals surface area contributed by atoms with Crippen LogP contribution in [0.2, 0.25) is 0 Å². The molecule has 2 heteroatoms. The monoisotopic (exact) mass is 63.1 g/mol. The summed E-state index contributed by atoms with van der Waals surface area (Å²) in [6, 6.07) is 0. The molecule has 0 bridgehead atoms. The van der Waals surface area contributed by atoms with Gasteiger partial charge in [-0.25, -0.2) is 5.48 Å². The first kappa shape index (κ1) is 1.38. The van der Waals surface area contributed by atoms with Gasteiger partial charge in [0.2, 0.25) is 0 Å². The Bertz CT molecular complexity index is 23.5. The summed E-state index contributed by atoms with van der Waals surface area (Å²) in [4.78, 5) is 4.21. The van der Waals surface area contributed by atoms with E-state index < -0.39 is 0 Å². The summed E-state index contributed by atoms with van der Waals surface area (Å²) in [5.74, 6) is 0. The molecule has 0 aromatic heterocycles. The van der Waals surface area contributed by atoms with Crippen molar-refractivity contribution in [3.8, 4) is 0 Å². The van der Waals surface area contributed by atoms with Gasteiger partial charge in [0.25, 0.3) is 0 Å². The molecule has 0 aliphatic heterocycles. The minimum Gasteiger partial charge on any atom is -0.305 e. The van der Waals surface area contributed by atoms with E-state index in [2.05, 4.69) is 10.3 Å². The van der Waals surface area contributed by atoms with Gasteiger partial charge in [0.15, 0.2) is 0 Å². The molecule has 0 heterocycles. The normalized spacial score (nSPS) is 14.0. The topological polar surface area (TPSA) is 21.3 Å². The third-order valence-electron chi connectivity index (χ3n) is 0.102. The summed E-state index contributed by atoms with van der Waals surface area (Å²) in [6.45, 7) is 0. The van der Waals surface area contributed by atoms with E-state index in [0.29, 0.717) is 0 Å². The molecule has 0 radical (unpaired) electrons. The van der Waals surface area contributed by atoms with Crippen LogP contribution in [0.4, 0.5) is 0 Å². The average Bonchev–Trinajstić information content (AvgIpc) is 1.61. The molecular weight excluding hydrogens is 54.0 g/mol. The van der Waals surface area contributed by atoms with Crippen LogP contribution in [0.15, 0.2) is 0 Å². The molecule has 0 spiro atoms. The molecule has 0 amide bonds. The van der Waals surface area contributed by atoms with Gasteiger partial charge < -0.3 is 4.84 Å². The minimum atomic E-state index is -0.126. The molecule has 0 rings (SSSR count). The van der Waals surface area contributed by atoms with E-state index in [9.17, 15) is 0 Å². The van der Waals surface area contributed by atoms with E-state index in [1.54, 1.807) is 0 Å². The number of nitrogens with one attached hydrogen (secondary N) is 1. The zero-order valence-electron chi connectivity index (χ0n) is 4.32. The van der Waals surface area contributed by atoms with Gasteiger partial charge in [0.05, 0.1) is 8.46 Å². The average molecular weight is 63.1 g/mol. The Morgan fingerprint density at radius 1 is 2.25 bits per heavy atom. The fourth-order valence-corrected chi connectivity index (χ4v) is 0. The second kappa shape index (κ2) is 2.92. The predicted molar refractivity (Wildman–Crippen MR) is 16.1 cm³/mol. The molecular formula is C2H7NO. The Kier molecular flexibility index (Phi) is 1.01. The van der Waals surface area contributed by atoms with Crippen molar-refractivity contribution in [1.82, 2.24) is 5.48 Å². The van der Waals surface area contributed by atoms with Gasteiger partial charge >= 0.3 is 0 Å². The zero-order valence-corrected chi connectivity index (χ0v) is 2.32. The van der Waals surface area contributed by atoms with Crippen LogP contribution in [0.5, 0.6) is 0 Å². The molecule has 2 nitrogen and oxygen atoms in total. The number of rotatable bonds is 1. The van der Waals surface area contributed by atoms with Gasteiger partial charge in [-0.15, -0.1) is 0 Å². The maximum atomic E-state index is 6.39. The first-order valence-electron chi connectivity index (χ1n) is 2.26. The standard InChI is InChI=1S/C2H7NO/c1-3-4-2/h3H,1-2H3/i1D,2D. The number of hydrogen-bond donors (Lipinski definition) is 1. The summed E-state index contributed by atoms with van der Waals surface area (Å²) in [5.41, 5.74) is 2.18. The summed E-state index contributed by atoms with van der Waals surface area (Å²) >= 11 is 0. The van der Waals surface area contributed by atoms with Crippen molar-refractivity contribution < 1.29 is 7.58 Å². The van der Waals surface area contributed by atoms with Crippen molar-refractivity contribution >= 4 is 0 Å². The molecule has 1 N–H and O–H groups in total. The van der Waals surface area contributed by atoms with E-state index in [1.807, 2.05) is 0 Å². The Labute approximate surface area is 28.5 Å². The predicted octanol–water partition coefficient (Wildman–Crippen LogP) is -0.233. The van der Waals surface area contributed by atoms with E-state index in [4.69, 9.17) is 2.74 Å². The molecule has 26 valence electrons. The highest BCUT2D eigenvalue weighted by atomic mass is 16.6. The fraction of sp³-hybridized carbons (Fsp3) is 1.00. The van der Waals surface area contributed by atoms with Crippen LogP contribution in [0.1, 0.15) is 2.74 Å². The molecule has 0 atom stereocenters. The van der Waals surface area contributed by atoms with E-state index in [1.165, 1.54) is 0 Å². The van der Waals surface area contributed by atoms with Crippen molar-refractivity contribution in [2.45, 2.75) is 0 Å². The van der Waals surface area contributed by atoms with Crippen LogP contribution in [0, 0.1) is 0 Å². The van der Waals surface area contributed by atoms with Gasteiger partial charge in [-0.2, -0.15) is 0 Å². The summed E-state index contributed by atoms with van der Waals surface area (Å²) in [6.07, 6.45) is 0. The van der Waals surface area contributed by atoms with E-state index >= 15 is 0 Å². The third kappa shape index (κ3) is 1.92. The van der Waals surface area contributed by atoms with Crippen LogP contribution < -0.4 is 5.48 Å². The minimum absolute atomic E-state index is 0.0128. The molecule has 0 saturated carbocycles. The van der Waals surface area contributed by atoms with Crippen LogP contribution in [-0.4, -0.2) is 14.1 Å². The largest absolute Gasteiger partial charge is 0.305 e. The molecule has 4 heavy (non-hydrogen) atoms. The molecule has 0 aliphatic carbocycles. The maximum Gasteiger partial charge on any atom is 0.0572 e. The highest BCUT2D eigenvalue weighted by Crippen LogP contribution is 1.32. The number of hydroxylamine groups is 1. The lowest BCUT2D eigenvalue weighted by Gasteiger charge is -1.80. The lowest BCUT2D eigenvalue weighted by atomic mass is 11.5. The maximum absolute atomic E-state index is 6.39. The summed E-state index contributed by atoms with van der Waals surface area (Å²) in [5, 5.41) is 0. The van der Waals surface area contributed by atoms with Gasteiger partial charge in [-0.05, 0) is 0 Å². The Hall–Kier alpha value is -0.0800. The lowest BCUT2D eigenvalue weighted by Crippen LogP contribution is -2.00. The smallest absolute Gasteiger partial charge is 0.0572 e. The Morgan fingerprint density at radius 3 is 3.50 bits per heavy atom. The van der Waals surface area contributed by atoms with Gasteiger partial charge in [-0.3, -0.25) is 0 Å². The highest BCUT2D eigenvalue weighted by molar-refractivity contribution is 3.76. The molecule has 0 saturated heterocycles. The van der Waals surface area contributed by atoms with Gasteiger partial charge in [0.1, 0.15) is 0 Å². The zero-order chi connectivity index (χ0) is 4.83. The highest BCUT2D eigenvalue weighted by Gasteiger charge is 1.45. The van der Waals surface area contributed by atoms with Gasteiger partial charge in [0, 0.05) is 8.39 Å². The van der Waals surface area contributed by atoms with Crippen molar-refractivity contribution in [2.24, 2.45) is 0 Å². The second-order valence-electron chi connectivity index (χ2n) is 0.289. The first-order chi connectivity index (χ1) is 2.91. The SMILES string of the molecule is [2H]CNOC[2H]. The fourth-order valence-electron chi connectivity index (χ4n) is 0. The van der Waals surface area contributed by atoms with Crippen LogP contribution in [-0.2, 0) is 4.84 Å². The van der Waals surface area contributed by atoms with Crippen LogP contribution >= 0.6 is 0 Å². The molecule has 0 aromatic rings. The van der Waals surface area contributed by atoms with E-state index in [-0.39, 0.29) is 14.1 Å². The van der Waals surface area contributed by atoms with Crippen molar-refractivity contribution in [2.75, 3.05) is 14.1 Å². The second-order valence-corrected chi connectivity index (χ2v) is 0.289. The molecule has 0 fully saturated rings. The van der Waals surface area contributed by atoms with Crippen LogP contribution in [0.3, 0.4) is 0 Å². The van der Waals surface area contributed by atoms with Crippen LogP contribution in [0.25, 0.3) is 0 Å². The first-order valence-corrected chi connectivity index (χ1v) is 0.846. The third-order valence-corrected chi connectivity index (χ3v) is 0.102. The Balaban J connectivity index is 2.34. The number of hydrogen-bond acceptors (Lipinski definition) is 2.